The van der Waals surface area contributed by atoms with Crippen LogP contribution >= 0.6 is 0 Å². The number of benzene rings is 3. The molecule has 2 nitrogen and oxygen atoms in total. The molecule has 0 radical (unpaired) electrons. The van der Waals surface area contributed by atoms with E-state index >= 15 is 0 Å². The van der Waals surface area contributed by atoms with Crippen LogP contribution in [0.5, 0.6) is 0 Å². The van der Waals surface area contributed by atoms with Gasteiger partial charge in [-0.1, -0.05) is 67.3 Å². The van der Waals surface area contributed by atoms with Gasteiger partial charge in [-0.05, 0) is 60.2 Å². The van der Waals surface area contributed by atoms with Gasteiger partial charge >= 0.3 is 0 Å². The highest BCUT2D eigenvalue weighted by Crippen LogP contribution is 2.27. The summed E-state index contributed by atoms with van der Waals surface area (Å²) < 4.78 is 0. The fraction of sp³-hybridized carbons (Fsp3) is 0.308. The van der Waals surface area contributed by atoms with Gasteiger partial charge in [0.15, 0.2) is 0 Å². The second-order valence-electron chi connectivity index (χ2n) is 7.84. The van der Waals surface area contributed by atoms with E-state index < -0.39 is 0 Å². The maximum atomic E-state index is 3.86. The second kappa shape index (κ2) is 8.62. The molecule has 0 amide bonds. The Labute approximate surface area is 168 Å². The topological polar surface area (TPSA) is 15.3 Å². The molecule has 1 N–H and O–H groups in total. The summed E-state index contributed by atoms with van der Waals surface area (Å²) >= 11 is 0. The zero-order valence-corrected chi connectivity index (χ0v) is 16.8. The molecule has 0 aromatic heterocycles. The number of nitrogens with zero attached hydrogens (tertiary/aromatic N) is 1. The monoisotopic (exact) mass is 370 g/mol. The lowest BCUT2D eigenvalue weighted by molar-refractivity contribution is 0.418. The first-order chi connectivity index (χ1) is 13.8. The third kappa shape index (κ3) is 3.98. The summed E-state index contributed by atoms with van der Waals surface area (Å²) in [6, 6.07) is 25.0. The number of fused-ring (bicyclic) bond motifs is 1. The standard InChI is InChI=1S/C26H30N2/c1-3-21-14-16-23(17-15-21)28-18-7-6-11-24(28)19-27-20(2)25-13-8-10-22-9-4-5-12-26(22)25/h3-5,8-10,12-17,20,24,27H,1,6-7,11,18-19H2,2H3. The van der Waals surface area contributed by atoms with Gasteiger partial charge in [0.1, 0.15) is 0 Å². The molecule has 2 heteroatoms. The lowest BCUT2D eigenvalue weighted by atomic mass is 9.98. The van der Waals surface area contributed by atoms with Crippen LogP contribution in [0.1, 0.15) is 43.4 Å². The molecule has 3 aromatic carbocycles. The Hall–Kier alpha value is -2.58. The molecule has 0 spiro atoms. The van der Waals surface area contributed by atoms with Gasteiger partial charge < -0.3 is 10.2 Å². The summed E-state index contributed by atoms with van der Waals surface area (Å²) in [7, 11) is 0. The van der Waals surface area contributed by atoms with Crippen molar-refractivity contribution in [3.05, 3.63) is 84.4 Å². The fourth-order valence-corrected chi connectivity index (χ4v) is 4.41. The second-order valence-corrected chi connectivity index (χ2v) is 7.84. The van der Waals surface area contributed by atoms with E-state index in [9.17, 15) is 0 Å². The molecule has 3 aromatic rings. The molecule has 28 heavy (non-hydrogen) atoms. The fourth-order valence-electron chi connectivity index (χ4n) is 4.41. The molecule has 0 aliphatic carbocycles. The van der Waals surface area contributed by atoms with E-state index in [0.29, 0.717) is 12.1 Å². The molecular formula is C26H30N2. The van der Waals surface area contributed by atoms with Crippen LogP contribution in [0.25, 0.3) is 16.8 Å². The number of nitrogens with one attached hydrogen (secondary N) is 1. The number of rotatable bonds is 6. The van der Waals surface area contributed by atoms with Gasteiger partial charge in [0.2, 0.25) is 0 Å². The van der Waals surface area contributed by atoms with Crippen LogP contribution < -0.4 is 10.2 Å². The zero-order valence-electron chi connectivity index (χ0n) is 16.8. The smallest absolute Gasteiger partial charge is 0.0414 e. The predicted molar refractivity (Wildman–Crippen MR) is 122 cm³/mol. The highest BCUT2D eigenvalue weighted by molar-refractivity contribution is 5.86. The number of piperidine rings is 1. The maximum absolute atomic E-state index is 3.86. The first kappa shape index (κ1) is 18.8. The van der Waals surface area contributed by atoms with Gasteiger partial charge in [0.05, 0.1) is 0 Å². The van der Waals surface area contributed by atoms with Gasteiger partial charge in [-0.3, -0.25) is 0 Å². The summed E-state index contributed by atoms with van der Waals surface area (Å²) in [4.78, 5) is 2.58. The van der Waals surface area contributed by atoms with E-state index in [4.69, 9.17) is 0 Å². The van der Waals surface area contributed by atoms with Crippen molar-refractivity contribution < 1.29 is 0 Å². The van der Waals surface area contributed by atoms with Gasteiger partial charge in [0, 0.05) is 30.9 Å². The molecule has 0 bridgehead atoms. The Bertz CT molecular complexity index is 923. The van der Waals surface area contributed by atoms with Crippen molar-refractivity contribution in [3.63, 3.8) is 0 Å². The van der Waals surface area contributed by atoms with E-state index in [-0.39, 0.29) is 0 Å². The van der Waals surface area contributed by atoms with Gasteiger partial charge in [0.25, 0.3) is 0 Å². The third-order valence-electron chi connectivity index (χ3n) is 6.04. The molecule has 1 aliphatic heterocycles. The molecular weight excluding hydrogens is 340 g/mol. The van der Waals surface area contributed by atoms with Gasteiger partial charge in [-0.2, -0.15) is 0 Å². The zero-order chi connectivity index (χ0) is 19.3. The molecule has 4 rings (SSSR count). The summed E-state index contributed by atoms with van der Waals surface area (Å²) in [6.07, 6.45) is 5.75. The molecule has 2 unspecified atom stereocenters. The number of hydrogen-bond donors (Lipinski definition) is 1. The summed E-state index contributed by atoms with van der Waals surface area (Å²) in [6.45, 7) is 8.30. The van der Waals surface area contributed by atoms with Gasteiger partial charge in [-0.15, -0.1) is 0 Å². The molecule has 0 saturated carbocycles. The van der Waals surface area contributed by atoms with Crippen molar-refractivity contribution in [2.45, 2.75) is 38.3 Å². The lowest BCUT2D eigenvalue weighted by Gasteiger charge is -2.38. The van der Waals surface area contributed by atoms with Crippen LogP contribution in [-0.2, 0) is 0 Å². The summed E-state index contributed by atoms with van der Waals surface area (Å²) in [5.74, 6) is 0. The maximum Gasteiger partial charge on any atom is 0.0414 e. The van der Waals surface area contributed by atoms with E-state index in [1.807, 2.05) is 6.08 Å². The Morgan fingerprint density at radius 3 is 2.64 bits per heavy atom. The molecule has 1 fully saturated rings. The van der Waals surface area contributed by atoms with Crippen LogP contribution in [0.15, 0.2) is 73.3 Å². The number of hydrogen-bond acceptors (Lipinski definition) is 2. The molecule has 1 aliphatic rings. The van der Waals surface area contributed by atoms with Crippen molar-refractivity contribution in [1.29, 1.82) is 0 Å². The molecule has 144 valence electrons. The lowest BCUT2D eigenvalue weighted by Crippen LogP contribution is -2.46. The molecule has 1 heterocycles. The molecule has 1 saturated heterocycles. The Morgan fingerprint density at radius 1 is 1.04 bits per heavy atom. The van der Waals surface area contributed by atoms with Crippen LogP contribution in [0, 0.1) is 0 Å². The first-order valence-corrected chi connectivity index (χ1v) is 10.5. The van der Waals surface area contributed by atoms with Crippen molar-refractivity contribution in [3.8, 4) is 0 Å². The summed E-state index contributed by atoms with van der Waals surface area (Å²) in [5, 5.41) is 6.49. The van der Waals surface area contributed by atoms with Crippen molar-refractivity contribution in [2.24, 2.45) is 0 Å². The molecule has 2 atom stereocenters. The largest absolute Gasteiger partial charge is 0.367 e. The Kier molecular flexibility index (Phi) is 5.78. The quantitative estimate of drug-likeness (QED) is 0.556. The van der Waals surface area contributed by atoms with Crippen LogP contribution in [0.3, 0.4) is 0 Å². The first-order valence-electron chi connectivity index (χ1n) is 10.5. The van der Waals surface area contributed by atoms with E-state index in [1.54, 1.807) is 0 Å². The highest BCUT2D eigenvalue weighted by atomic mass is 15.2. The van der Waals surface area contributed by atoms with E-state index in [2.05, 4.69) is 90.4 Å². The SMILES string of the molecule is C=Cc1ccc(N2CCCCC2CNC(C)c2cccc3ccccc23)cc1. The van der Waals surface area contributed by atoms with Crippen molar-refractivity contribution in [2.75, 3.05) is 18.0 Å². The van der Waals surface area contributed by atoms with Gasteiger partial charge in [-0.25, -0.2) is 0 Å². The van der Waals surface area contributed by atoms with Crippen molar-refractivity contribution >= 4 is 22.5 Å². The average Bonchev–Trinajstić information content (AvgIpc) is 2.77. The summed E-state index contributed by atoms with van der Waals surface area (Å²) in [5.41, 5.74) is 3.89. The van der Waals surface area contributed by atoms with Crippen LogP contribution in [-0.4, -0.2) is 19.1 Å². The van der Waals surface area contributed by atoms with Crippen molar-refractivity contribution in [1.82, 2.24) is 5.32 Å². The number of anilines is 1. The minimum atomic E-state index is 0.331. The Morgan fingerprint density at radius 2 is 1.82 bits per heavy atom. The van der Waals surface area contributed by atoms with E-state index in [0.717, 1.165) is 13.1 Å². The minimum Gasteiger partial charge on any atom is -0.367 e. The average molecular weight is 371 g/mol. The highest BCUT2D eigenvalue weighted by Gasteiger charge is 2.23. The minimum absolute atomic E-state index is 0.331. The normalized spacial score (nSPS) is 18.2. The van der Waals surface area contributed by atoms with Crippen LogP contribution in [0.2, 0.25) is 0 Å². The third-order valence-corrected chi connectivity index (χ3v) is 6.04. The predicted octanol–water partition coefficient (Wildman–Crippen LogP) is 6.19. The van der Waals surface area contributed by atoms with E-state index in [1.165, 1.54) is 46.8 Å². The Balaban J connectivity index is 1.48. The van der Waals surface area contributed by atoms with Crippen LogP contribution in [0.4, 0.5) is 5.69 Å².